The predicted molar refractivity (Wildman–Crippen MR) is 77.7 cm³/mol. The summed E-state index contributed by atoms with van der Waals surface area (Å²) in [5.41, 5.74) is -0.631. The largest absolute Gasteiger partial charge is 0.468 e. The molecule has 3 aliphatic heterocycles. The number of rotatable bonds is 5. The summed E-state index contributed by atoms with van der Waals surface area (Å²) in [5.74, 6) is -0.216. The SMILES string of the molecule is COC(=O)C1(NC(C)C)CN2CCC1CC2COC(C)=O. The molecule has 0 aliphatic carbocycles. The Balaban J connectivity index is 2.13. The molecular formula is C15H26N2O4. The lowest BCUT2D eigenvalue weighted by atomic mass is 9.69. The summed E-state index contributed by atoms with van der Waals surface area (Å²) in [6, 6.07) is 0.413. The van der Waals surface area contributed by atoms with Crippen molar-refractivity contribution in [3.63, 3.8) is 0 Å². The van der Waals surface area contributed by atoms with Crippen molar-refractivity contribution in [2.24, 2.45) is 5.92 Å². The van der Waals surface area contributed by atoms with Gasteiger partial charge in [-0.05, 0) is 39.2 Å². The van der Waals surface area contributed by atoms with E-state index in [-0.39, 0.29) is 29.9 Å². The number of nitrogens with zero attached hydrogens (tertiary/aromatic N) is 1. The monoisotopic (exact) mass is 298 g/mol. The summed E-state index contributed by atoms with van der Waals surface area (Å²) in [4.78, 5) is 25.6. The molecule has 3 heterocycles. The van der Waals surface area contributed by atoms with Crippen molar-refractivity contribution in [3.8, 4) is 0 Å². The van der Waals surface area contributed by atoms with E-state index < -0.39 is 5.54 Å². The maximum atomic E-state index is 12.4. The average molecular weight is 298 g/mol. The zero-order valence-electron chi connectivity index (χ0n) is 13.3. The number of nitrogens with one attached hydrogen (secondary N) is 1. The lowest BCUT2D eigenvalue weighted by Crippen LogP contribution is -2.73. The molecule has 0 aromatic carbocycles. The molecule has 0 saturated carbocycles. The summed E-state index contributed by atoms with van der Waals surface area (Å²) in [5, 5.41) is 3.44. The highest BCUT2D eigenvalue weighted by atomic mass is 16.5. The standard InChI is InChI=1S/C15H26N2O4/c1-10(2)16-15(14(19)20-4)9-17-6-5-12(15)7-13(17)8-21-11(3)18/h10,12-13,16H,5-9H2,1-4H3. The van der Waals surface area contributed by atoms with E-state index in [1.54, 1.807) is 0 Å². The Hall–Kier alpha value is -1.14. The molecular weight excluding hydrogens is 272 g/mol. The van der Waals surface area contributed by atoms with Crippen LogP contribution in [0.4, 0.5) is 0 Å². The number of carbonyl (C=O) groups is 2. The highest BCUT2D eigenvalue weighted by Gasteiger charge is 2.55. The Morgan fingerprint density at radius 1 is 1.43 bits per heavy atom. The van der Waals surface area contributed by atoms with E-state index in [1.165, 1.54) is 14.0 Å². The topological polar surface area (TPSA) is 67.9 Å². The van der Waals surface area contributed by atoms with E-state index >= 15 is 0 Å². The van der Waals surface area contributed by atoms with Crippen LogP contribution in [0.1, 0.15) is 33.6 Å². The van der Waals surface area contributed by atoms with E-state index in [0.717, 1.165) is 19.4 Å². The molecule has 4 atom stereocenters. The Bertz CT molecular complexity index is 412. The second-order valence-electron chi connectivity index (χ2n) is 6.41. The maximum Gasteiger partial charge on any atom is 0.327 e. The highest BCUT2D eigenvalue weighted by Crippen LogP contribution is 2.40. The molecule has 3 saturated heterocycles. The molecule has 0 aromatic rings. The van der Waals surface area contributed by atoms with E-state index in [2.05, 4.69) is 10.2 Å². The van der Waals surface area contributed by atoms with Gasteiger partial charge in [0.2, 0.25) is 0 Å². The summed E-state index contributed by atoms with van der Waals surface area (Å²) in [6.45, 7) is 7.47. The first-order valence-corrected chi connectivity index (χ1v) is 7.62. The third-order valence-electron chi connectivity index (χ3n) is 4.56. The molecule has 0 aromatic heterocycles. The number of fused-ring (bicyclic) bond motifs is 3. The Morgan fingerprint density at radius 3 is 2.62 bits per heavy atom. The first-order chi connectivity index (χ1) is 9.89. The molecule has 3 aliphatic rings. The molecule has 3 rings (SSSR count). The van der Waals surface area contributed by atoms with Gasteiger partial charge in [0.15, 0.2) is 0 Å². The smallest absolute Gasteiger partial charge is 0.327 e. The fraction of sp³-hybridized carbons (Fsp3) is 0.867. The number of hydrogen-bond donors (Lipinski definition) is 1. The lowest BCUT2D eigenvalue weighted by molar-refractivity contribution is -0.164. The van der Waals surface area contributed by atoms with Crippen LogP contribution < -0.4 is 5.32 Å². The van der Waals surface area contributed by atoms with Crippen LogP contribution in [0, 0.1) is 5.92 Å². The minimum atomic E-state index is -0.631. The summed E-state index contributed by atoms with van der Waals surface area (Å²) in [7, 11) is 1.44. The molecule has 2 bridgehead atoms. The summed E-state index contributed by atoms with van der Waals surface area (Å²) in [6.07, 6.45) is 1.81. The fourth-order valence-corrected chi connectivity index (χ4v) is 3.74. The van der Waals surface area contributed by atoms with Crippen LogP contribution in [0.3, 0.4) is 0 Å². The van der Waals surface area contributed by atoms with Gasteiger partial charge in [-0.1, -0.05) is 0 Å². The van der Waals surface area contributed by atoms with Crippen molar-refractivity contribution in [3.05, 3.63) is 0 Å². The molecule has 4 unspecified atom stereocenters. The first-order valence-electron chi connectivity index (χ1n) is 7.62. The summed E-state index contributed by atoms with van der Waals surface area (Å²) >= 11 is 0. The predicted octanol–water partition coefficient (Wildman–Crippen LogP) is 0.553. The number of ether oxygens (including phenoxy) is 2. The van der Waals surface area contributed by atoms with Gasteiger partial charge in [-0.25, -0.2) is 4.79 Å². The van der Waals surface area contributed by atoms with Gasteiger partial charge in [0.05, 0.1) is 7.11 Å². The molecule has 120 valence electrons. The number of hydrogen-bond acceptors (Lipinski definition) is 6. The van der Waals surface area contributed by atoms with E-state index in [4.69, 9.17) is 9.47 Å². The van der Waals surface area contributed by atoms with Crippen molar-refractivity contribution in [2.75, 3.05) is 26.8 Å². The van der Waals surface area contributed by atoms with Gasteiger partial charge in [-0.2, -0.15) is 0 Å². The third-order valence-corrected chi connectivity index (χ3v) is 4.56. The third kappa shape index (κ3) is 3.21. The van der Waals surface area contributed by atoms with Crippen LogP contribution in [0.5, 0.6) is 0 Å². The molecule has 1 N–H and O–H groups in total. The molecule has 6 heteroatoms. The number of esters is 2. The van der Waals surface area contributed by atoms with E-state index in [1.807, 2.05) is 13.8 Å². The molecule has 6 nitrogen and oxygen atoms in total. The van der Waals surface area contributed by atoms with Gasteiger partial charge in [-0.3, -0.25) is 15.0 Å². The quantitative estimate of drug-likeness (QED) is 0.748. The Kier molecular flexibility index (Phi) is 4.88. The van der Waals surface area contributed by atoms with Crippen LogP contribution in [-0.2, 0) is 19.1 Å². The normalized spacial score (nSPS) is 34.8. The van der Waals surface area contributed by atoms with Crippen molar-refractivity contribution in [2.45, 2.75) is 51.2 Å². The molecule has 0 amide bonds. The molecule has 0 radical (unpaired) electrons. The van der Waals surface area contributed by atoms with Crippen molar-refractivity contribution >= 4 is 11.9 Å². The number of piperidine rings is 3. The maximum absolute atomic E-state index is 12.4. The molecule has 21 heavy (non-hydrogen) atoms. The second kappa shape index (κ2) is 6.32. The van der Waals surface area contributed by atoms with Gasteiger partial charge in [0.1, 0.15) is 12.1 Å². The van der Waals surface area contributed by atoms with E-state index in [0.29, 0.717) is 13.2 Å². The van der Waals surface area contributed by atoms with Gasteiger partial charge in [0.25, 0.3) is 0 Å². The van der Waals surface area contributed by atoms with Gasteiger partial charge in [-0.15, -0.1) is 0 Å². The highest BCUT2D eigenvalue weighted by molar-refractivity contribution is 5.82. The minimum Gasteiger partial charge on any atom is -0.468 e. The Labute approximate surface area is 126 Å². The van der Waals surface area contributed by atoms with Crippen molar-refractivity contribution < 1.29 is 19.1 Å². The van der Waals surface area contributed by atoms with Crippen molar-refractivity contribution in [1.29, 1.82) is 0 Å². The van der Waals surface area contributed by atoms with Crippen molar-refractivity contribution in [1.82, 2.24) is 10.2 Å². The Morgan fingerprint density at radius 2 is 2.14 bits per heavy atom. The fourth-order valence-electron chi connectivity index (χ4n) is 3.74. The van der Waals surface area contributed by atoms with Crippen LogP contribution in [0.2, 0.25) is 0 Å². The average Bonchev–Trinajstić information content (AvgIpc) is 2.44. The van der Waals surface area contributed by atoms with Gasteiger partial charge < -0.3 is 9.47 Å². The van der Waals surface area contributed by atoms with Gasteiger partial charge in [0, 0.05) is 25.6 Å². The van der Waals surface area contributed by atoms with Crippen LogP contribution in [0.15, 0.2) is 0 Å². The minimum absolute atomic E-state index is 0.183. The van der Waals surface area contributed by atoms with Crippen LogP contribution >= 0.6 is 0 Å². The molecule has 0 spiro atoms. The van der Waals surface area contributed by atoms with Crippen LogP contribution in [-0.4, -0.2) is 61.3 Å². The first kappa shape index (κ1) is 16.2. The number of methoxy groups -OCH3 is 1. The van der Waals surface area contributed by atoms with Crippen LogP contribution in [0.25, 0.3) is 0 Å². The molecule has 3 fully saturated rings. The van der Waals surface area contributed by atoms with Gasteiger partial charge >= 0.3 is 11.9 Å². The zero-order chi connectivity index (χ0) is 15.6. The zero-order valence-corrected chi connectivity index (χ0v) is 13.3. The lowest BCUT2D eigenvalue weighted by Gasteiger charge is -2.55. The number of carbonyl (C=O) groups excluding carboxylic acids is 2. The second-order valence-corrected chi connectivity index (χ2v) is 6.41. The van der Waals surface area contributed by atoms with E-state index in [9.17, 15) is 9.59 Å². The summed E-state index contributed by atoms with van der Waals surface area (Å²) < 4.78 is 10.2.